The molecule has 0 atom stereocenters. The fourth-order valence-corrected chi connectivity index (χ4v) is 2.96. The maximum Gasteiger partial charge on any atom is 0.416 e. The molecule has 1 amide bonds. The summed E-state index contributed by atoms with van der Waals surface area (Å²) in [7, 11) is 0. The summed E-state index contributed by atoms with van der Waals surface area (Å²) in [6.07, 6.45) is -3.39. The molecule has 2 aromatic carbocycles. The van der Waals surface area contributed by atoms with E-state index in [0.29, 0.717) is 48.5 Å². The highest BCUT2D eigenvalue weighted by atomic mass is 19.4. The van der Waals surface area contributed by atoms with Gasteiger partial charge >= 0.3 is 6.18 Å². The van der Waals surface area contributed by atoms with Crippen LogP contribution in [0.15, 0.2) is 42.7 Å². The van der Waals surface area contributed by atoms with Crippen molar-refractivity contribution >= 4 is 17.4 Å². The summed E-state index contributed by atoms with van der Waals surface area (Å²) in [6.45, 7) is 2.70. The van der Waals surface area contributed by atoms with Crippen LogP contribution in [0, 0.1) is 12.7 Å². The minimum atomic E-state index is -4.67. The molecule has 166 valence electrons. The van der Waals surface area contributed by atoms with Crippen molar-refractivity contribution in [2.45, 2.75) is 13.1 Å². The summed E-state index contributed by atoms with van der Waals surface area (Å²) >= 11 is 0. The fraction of sp³-hybridized carbons (Fsp3) is 0.190. The third-order valence-electron chi connectivity index (χ3n) is 4.61. The molecule has 4 rings (SSSR count). The van der Waals surface area contributed by atoms with Crippen molar-refractivity contribution in [2.75, 3.05) is 23.8 Å². The number of nitrogens with one attached hydrogen (secondary N) is 2. The molecule has 3 aromatic rings. The molecule has 0 saturated carbocycles. The zero-order valence-corrected chi connectivity index (χ0v) is 16.6. The van der Waals surface area contributed by atoms with Crippen LogP contribution in [-0.4, -0.2) is 29.0 Å². The van der Waals surface area contributed by atoms with Crippen molar-refractivity contribution in [3.8, 4) is 17.4 Å². The number of amides is 1. The molecule has 2 heterocycles. The van der Waals surface area contributed by atoms with Gasteiger partial charge in [-0.15, -0.1) is 0 Å². The van der Waals surface area contributed by atoms with Crippen LogP contribution in [0.2, 0.25) is 0 Å². The summed E-state index contributed by atoms with van der Waals surface area (Å²) in [5.74, 6) is -0.626. The van der Waals surface area contributed by atoms with Crippen LogP contribution in [0.25, 0.3) is 0 Å². The average Bonchev–Trinajstić information content (AvgIpc) is 2.76. The van der Waals surface area contributed by atoms with Crippen LogP contribution in [0.4, 0.5) is 29.1 Å². The van der Waals surface area contributed by atoms with E-state index in [1.807, 2.05) is 0 Å². The molecule has 11 heteroatoms. The van der Waals surface area contributed by atoms with Crippen molar-refractivity contribution in [2.24, 2.45) is 0 Å². The van der Waals surface area contributed by atoms with E-state index in [1.54, 1.807) is 13.0 Å². The van der Waals surface area contributed by atoms with Gasteiger partial charge in [0.1, 0.15) is 24.5 Å². The number of carbonyl (C=O) groups excluding carboxylic acids is 1. The van der Waals surface area contributed by atoms with E-state index in [9.17, 15) is 22.4 Å². The van der Waals surface area contributed by atoms with E-state index in [2.05, 4.69) is 20.6 Å². The SMILES string of the molecule is Cc1ccc(C(=O)Nc2cc(C(F)(F)F)ccc2F)cc1Oc1ncnc2c1OCCN2. The minimum absolute atomic E-state index is 0.0457. The summed E-state index contributed by atoms with van der Waals surface area (Å²) in [5.41, 5.74) is -0.964. The lowest BCUT2D eigenvalue weighted by Gasteiger charge is -2.20. The molecule has 0 fully saturated rings. The first kappa shape index (κ1) is 21.3. The number of hydrogen-bond acceptors (Lipinski definition) is 6. The van der Waals surface area contributed by atoms with Crippen LogP contribution < -0.4 is 20.1 Å². The van der Waals surface area contributed by atoms with E-state index in [4.69, 9.17) is 9.47 Å². The molecular formula is C21H16F4N4O3. The van der Waals surface area contributed by atoms with Crippen LogP contribution in [0.1, 0.15) is 21.5 Å². The number of rotatable bonds is 4. The van der Waals surface area contributed by atoms with Gasteiger partial charge in [0, 0.05) is 5.56 Å². The number of alkyl halides is 3. The quantitative estimate of drug-likeness (QED) is 0.559. The maximum absolute atomic E-state index is 14.0. The normalized spacial score (nSPS) is 12.9. The predicted molar refractivity (Wildman–Crippen MR) is 107 cm³/mol. The molecule has 0 aliphatic carbocycles. The van der Waals surface area contributed by atoms with Crippen molar-refractivity contribution in [1.82, 2.24) is 9.97 Å². The van der Waals surface area contributed by atoms with Crippen molar-refractivity contribution in [3.63, 3.8) is 0 Å². The van der Waals surface area contributed by atoms with Gasteiger partial charge in [0.15, 0.2) is 5.82 Å². The molecule has 7 nitrogen and oxygen atoms in total. The lowest BCUT2D eigenvalue weighted by atomic mass is 10.1. The first-order valence-electron chi connectivity index (χ1n) is 9.40. The molecule has 0 unspecified atom stereocenters. The Kier molecular flexibility index (Phi) is 5.56. The second-order valence-electron chi connectivity index (χ2n) is 6.86. The Morgan fingerprint density at radius 3 is 2.78 bits per heavy atom. The largest absolute Gasteiger partial charge is 0.483 e. The number of aromatic nitrogens is 2. The number of fused-ring (bicyclic) bond motifs is 1. The van der Waals surface area contributed by atoms with Gasteiger partial charge in [0.2, 0.25) is 5.75 Å². The Morgan fingerprint density at radius 1 is 1.19 bits per heavy atom. The number of nitrogens with zero attached hydrogens (tertiary/aromatic N) is 2. The first-order valence-corrected chi connectivity index (χ1v) is 9.40. The van der Waals surface area contributed by atoms with Gasteiger partial charge in [-0.1, -0.05) is 6.07 Å². The number of aryl methyl sites for hydroxylation is 1. The van der Waals surface area contributed by atoms with E-state index in [1.165, 1.54) is 18.5 Å². The topological polar surface area (TPSA) is 85.4 Å². The molecule has 2 N–H and O–H groups in total. The van der Waals surface area contributed by atoms with Gasteiger partial charge in [-0.05, 0) is 42.8 Å². The standard InChI is InChI=1S/C21H16F4N4O3/c1-11-2-3-12(19(30)29-15-9-13(21(23,24)25)4-5-14(15)22)8-16(11)32-20-17-18(27-10-28-20)26-6-7-31-17/h2-5,8-10H,6-7H2,1H3,(H,29,30)(H,26,27,28). The second-order valence-corrected chi connectivity index (χ2v) is 6.86. The molecule has 0 bridgehead atoms. The van der Waals surface area contributed by atoms with Crippen molar-refractivity contribution < 1.29 is 31.8 Å². The zero-order chi connectivity index (χ0) is 22.9. The number of anilines is 2. The Hall–Kier alpha value is -3.89. The van der Waals surface area contributed by atoms with Gasteiger partial charge in [-0.3, -0.25) is 4.79 Å². The molecule has 1 aromatic heterocycles. The van der Waals surface area contributed by atoms with Crippen molar-refractivity contribution in [1.29, 1.82) is 0 Å². The number of ether oxygens (including phenoxy) is 2. The monoisotopic (exact) mass is 448 g/mol. The van der Waals surface area contributed by atoms with Crippen LogP contribution in [0.5, 0.6) is 17.4 Å². The highest BCUT2D eigenvalue weighted by Crippen LogP contribution is 2.37. The van der Waals surface area contributed by atoms with Gasteiger partial charge in [-0.25, -0.2) is 9.37 Å². The second kappa shape index (κ2) is 8.33. The highest BCUT2D eigenvalue weighted by Gasteiger charge is 2.31. The highest BCUT2D eigenvalue weighted by molar-refractivity contribution is 6.04. The third kappa shape index (κ3) is 4.41. The van der Waals surface area contributed by atoms with E-state index >= 15 is 0 Å². The van der Waals surface area contributed by atoms with Crippen LogP contribution >= 0.6 is 0 Å². The Labute approximate surface area is 179 Å². The average molecular weight is 448 g/mol. The summed E-state index contributed by atoms with van der Waals surface area (Å²) in [5, 5.41) is 5.21. The van der Waals surface area contributed by atoms with E-state index < -0.39 is 29.2 Å². The van der Waals surface area contributed by atoms with Gasteiger partial charge < -0.3 is 20.1 Å². The summed E-state index contributed by atoms with van der Waals surface area (Å²) < 4.78 is 64.1. The zero-order valence-electron chi connectivity index (χ0n) is 16.6. The minimum Gasteiger partial charge on any atom is -0.483 e. The van der Waals surface area contributed by atoms with Gasteiger partial charge in [0.05, 0.1) is 17.8 Å². The Morgan fingerprint density at radius 2 is 2.00 bits per heavy atom. The van der Waals surface area contributed by atoms with Gasteiger partial charge in [-0.2, -0.15) is 18.2 Å². The maximum atomic E-state index is 14.0. The van der Waals surface area contributed by atoms with E-state index in [-0.39, 0.29) is 17.2 Å². The number of halogens is 4. The Bertz CT molecular complexity index is 1180. The van der Waals surface area contributed by atoms with Crippen molar-refractivity contribution in [3.05, 3.63) is 65.2 Å². The lowest BCUT2D eigenvalue weighted by molar-refractivity contribution is -0.137. The molecule has 0 saturated heterocycles. The van der Waals surface area contributed by atoms with Crippen LogP contribution in [0.3, 0.4) is 0 Å². The lowest BCUT2D eigenvalue weighted by Crippen LogP contribution is -2.19. The molecule has 1 aliphatic rings. The third-order valence-corrected chi connectivity index (χ3v) is 4.61. The fourth-order valence-electron chi connectivity index (χ4n) is 2.96. The summed E-state index contributed by atoms with van der Waals surface area (Å²) in [6, 6.07) is 6.18. The number of benzene rings is 2. The smallest absolute Gasteiger partial charge is 0.416 e. The number of hydrogen-bond donors (Lipinski definition) is 2. The van der Waals surface area contributed by atoms with Crippen LogP contribution in [-0.2, 0) is 6.18 Å². The van der Waals surface area contributed by atoms with E-state index in [0.717, 1.165) is 0 Å². The predicted octanol–water partition coefficient (Wildman–Crippen LogP) is 4.79. The molecule has 0 spiro atoms. The molecule has 0 radical (unpaired) electrons. The molecule has 32 heavy (non-hydrogen) atoms. The molecular weight excluding hydrogens is 432 g/mol. The molecule has 1 aliphatic heterocycles. The van der Waals surface area contributed by atoms with Gasteiger partial charge in [0.25, 0.3) is 11.8 Å². The first-order chi connectivity index (χ1) is 15.2. The number of carbonyl (C=O) groups is 1. The Balaban J connectivity index is 1.59. The summed E-state index contributed by atoms with van der Waals surface area (Å²) in [4.78, 5) is 20.7.